The van der Waals surface area contributed by atoms with E-state index in [1.807, 2.05) is 13.2 Å². The van der Waals surface area contributed by atoms with E-state index in [0.717, 1.165) is 18.7 Å². The second kappa shape index (κ2) is 4.95. The fourth-order valence-corrected chi connectivity index (χ4v) is 2.61. The molecular formula is C12H22N4. The second-order valence-electron chi connectivity index (χ2n) is 4.93. The zero-order valence-electron chi connectivity index (χ0n) is 10.4. The third kappa shape index (κ3) is 2.61. The van der Waals surface area contributed by atoms with Crippen molar-refractivity contribution in [3.05, 3.63) is 11.9 Å². The number of hydrogen-bond acceptors (Lipinski definition) is 3. The van der Waals surface area contributed by atoms with Crippen LogP contribution in [0.2, 0.25) is 0 Å². The van der Waals surface area contributed by atoms with Crippen molar-refractivity contribution < 1.29 is 0 Å². The number of nitrogens with zero attached hydrogens (tertiary/aromatic N) is 3. The molecule has 0 aliphatic carbocycles. The zero-order valence-corrected chi connectivity index (χ0v) is 10.4. The Balaban J connectivity index is 2.08. The Bertz CT molecular complexity index is 324. The number of hydrogen-bond donors (Lipinski definition) is 1. The van der Waals surface area contributed by atoms with Crippen LogP contribution in [0.5, 0.6) is 0 Å². The highest BCUT2D eigenvalue weighted by atomic mass is 15.4. The molecule has 4 heteroatoms. The van der Waals surface area contributed by atoms with Crippen molar-refractivity contribution in [2.24, 2.45) is 7.05 Å². The Labute approximate surface area is 97.4 Å². The summed E-state index contributed by atoms with van der Waals surface area (Å²) in [5.41, 5.74) is 1.37. The van der Waals surface area contributed by atoms with Crippen LogP contribution in [0, 0.1) is 0 Å². The summed E-state index contributed by atoms with van der Waals surface area (Å²) in [5.74, 6) is 0. The van der Waals surface area contributed by atoms with Crippen LogP contribution in [-0.2, 0) is 13.5 Å². The minimum atomic E-state index is 0.256. The molecule has 0 spiro atoms. The first-order valence-electron chi connectivity index (χ1n) is 6.34. The van der Waals surface area contributed by atoms with Crippen molar-refractivity contribution in [2.45, 2.75) is 51.0 Å². The molecule has 1 N–H and O–H groups in total. The van der Waals surface area contributed by atoms with Gasteiger partial charge in [-0.1, -0.05) is 25.0 Å². The number of aryl methyl sites for hydroxylation is 1. The van der Waals surface area contributed by atoms with E-state index in [0.29, 0.717) is 0 Å². The van der Waals surface area contributed by atoms with Gasteiger partial charge in [-0.25, -0.2) is 0 Å². The van der Waals surface area contributed by atoms with Crippen LogP contribution in [-0.4, -0.2) is 27.1 Å². The molecule has 1 aliphatic rings. The fraction of sp³-hybridized carbons (Fsp3) is 0.833. The van der Waals surface area contributed by atoms with Gasteiger partial charge in [-0.15, -0.1) is 5.10 Å². The molecule has 0 bridgehead atoms. The van der Waals surface area contributed by atoms with Crippen LogP contribution in [0.25, 0.3) is 0 Å². The maximum atomic E-state index is 4.21. The van der Waals surface area contributed by atoms with Gasteiger partial charge < -0.3 is 5.32 Å². The van der Waals surface area contributed by atoms with Gasteiger partial charge in [0.05, 0.1) is 5.69 Å². The van der Waals surface area contributed by atoms with Gasteiger partial charge in [0, 0.05) is 25.2 Å². The highest BCUT2D eigenvalue weighted by Gasteiger charge is 2.29. The van der Waals surface area contributed by atoms with E-state index in [2.05, 4.69) is 22.6 Å². The van der Waals surface area contributed by atoms with Gasteiger partial charge in [0.15, 0.2) is 0 Å². The SMILES string of the molecule is CCC1(Cc2cn(C)nn2)CCCCCN1. The molecule has 0 saturated carbocycles. The highest BCUT2D eigenvalue weighted by molar-refractivity contribution is 5.03. The Morgan fingerprint density at radius 2 is 2.31 bits per heavy atom. The topological polar surface area (TPSA) is 42.7 Å². The van der Waals surface area contributed by atoms with Crippen LogP contribution < -0.4 is 5.32 Å². The van der Waals surface area contributed by atoms with Gasteiger partial charge >= 0.3 is 0 Å². The van der Waals surface area contributed by atoms with Crippen molar-refractivity contribution in [2.75, 3.05) is 6.54 Å². The molecule has 1 unspecified atom stereocenters. The summed E-state index contributed by atoms with van der Waals surface area (Å²) in [4.78, 5) is 0. The fourth-order valence-electron chi connectivity index (χ4n) is 2.61. The molecule has 4 nitrogen and oxygen atoms in total. The lowest BCUT2D eigenvalue weighted by Gasteiger charge is -2.32. The van der Waals surface area contributed by atoms with Crippen molar-refractivity contribution in [3.63, 3.8) is 0 Å². The lowest BCUT2D eigenvalue weighted by Crippen LogP contribution is -2.46. The standard InChI is InChI=1S/C12H22N4/c1-3-12(7-5-4-6-8-13-12)9-11-10-16(2)15-14-11/h10,13H,3-9H2,1-2H3. The highest BCUT2D eigenvalue weighted by Crippen LogP contribution is 2.25. The van der Waals surface area contributed by atoms with Crippen LogP contribution in [0.15, 0.2) is 6.20 Å². The molecule has 0 aromatic carbocycles. The molecule has 1 atom stereocenters. The van der Waals surface area contributed by atoms with Gasteiger partial charge in [-0.05, 0) is 25.8 Å². The number of aromatic nitrogens is 3. The van der Waals surface area contributed by atoms with E-state index >= 15 is 0 Å². The Kier molecular flexibility index (Phi) is 3.59. The largest absolute Gasteiger partial charge is 0.311 e. The van der Waals surface area contributed by atoms with Gasteiger partial charge in [-0.2, -0.15) is 0 Å². The summed E-state index contributed by atoms with van der Waals surface area (Å²) >= 11 is 0. The molecule has 2 rings (SSSR count). The lowest BCUT2D eigenvalue weighted by atomic mass is 9.86. The lowest BCUT2D eigenvalue weighted by molar-refractivity contribution is 0.299. The summed E-state index contributed by atoms with van der Waals surface area (Å²) in [5, 5.41) is 11.9. The average molecular weight is 222 g/mol. The Morgan fingerprint density at radius 3 is 3.00 bits per heavy atom. The van der Waals surface area contributed by atoms with Crippen LogP contribution >= 0.6 is 0 Å². The minimum absolute atomic E-state index is 0.256. The van der Waals surface area contributed by atoms with Crippen molar-refractivity contribution in [1.82, 2.24) is 20.3 Å². The van der Waals surface area contributed by atoms with Gasteiger partial charge in [-0.3, -0.25) is 4.68 Å². The van der Waals surface area contributed by atoms with Crippen LogP contribution in [0.4, 0.5) is 0 Å². The van der Waals surface area contributed by atoms with Gasteiger partial charge in [0.25, 0.3) is 0 Å². The summed E-state index contributed by atoms with van der Waals surface area (Å²) in [7, 11) is 1.93. The summed E-state index contributed by atoms with van der Waals surface area (Å²) in [6, 6.07) is 0. The molecule has 90 valence electrons. The van der Waals surface area contributed by atoms with E-state index < -0.39 is 0 Å². The normalized spacial score (nSPS) is 26.6. The Morgan fingerprint density at radius 1 is 1.44 bits per heavy atom. The number of rotatable bonds is 3. The van der Waals surface area contributed by atoms with Crippen molar-refractivity contribution in [1.29, 1.82) is 0 Å². The summed E-state index contributed by atoms with van der Waals surface area (Å²) in [6.45, 7) is 3.42. The minimum Gasteiger partial charge on any atom is -0.311 e. The molecular weight excluding hydrogens is 200 g/mol. The third-order valence-electron chi connectivity index (χ3n) is 3.68. The molecule has 1 aromatic heterocycles. The average Bonchev–Trinajstić information content (AvgIpc) is 2.54. The molecule has 16 heavy (non-hydrogen) atoms. The van der Waals surface area contributed by atoms with E-state index in [1.165, 1.54) is 32.1 Å². The monoisotopic (exact) mass is 222 g/mol. The molecule has 0 radical (unpaired) electrons. The van der Waals surface area contributed by atoms with E-state index in [4.69, 9.17) is 0 Å². The van der Waals surface area contributed by atoms with E-state index in [-0.39, 0.29) is 5.54 Å². The predicted molar refractivity (Wildman–Crippen MR) is 64.2 cm³/mol. The van der Waals surface area contributed by atoms with E-state index in [9.17, 15) is 0 Å². The quantitative estimate of drug-likeness (QED) is 0.846. The maximum absolute atomic E-state index is 4.21. The molecule has 0 amide bonds. The van der Waals surface area contributed by atoms with Crippen LogP contribution in [0.3, 0.4) is 0 Å². The van der Waals surface area contributed by atoms with E-state index in [1.54, 1.807) is 4.68 Å². The number of nitrogens with one attached hydrogen (secondary N) is 1. The van der Waals surface area contributed by atoms with Gasteiger partial charge in [0.2, 0.25) is 0 Å². The van der Waals surface area contributed by atoms with Crippen molar-refractivity contribution >= 4 is 0 Å². The molecule has 1 fully saturated rings. The zero-order chi connectivity index (χ0) is 11.4. The summed E-state index contributed by atoms with van der Waals surface area (Å²) in [6.07, 6.45) is 9.48. The molecule has 1 aromatic rings. The predicted octanol–water partition coefficient (Wildman–Crippen LogP) is 1.67. The third-order valence-corrected chi connectivity index (χ3v) is 3.68. The van der Waals surface area contributed by atoms with Crippen molar-refractivity contribution in [3.8, 4) is 0 Å². The smallest absolute Gasteiger partial charge is 0.0845 e. The van der Waals surface area contributed by atoms with Gasteiger partial charge in [0.1, 0.15) is 0 Å². The molecule has 1 saturated heterocycles. The first-order chi connectivity index (χ1) is 7.74. The molecule has 2 heterocycles. The second-order valence-corrected chi connectivity index (χ2v) is 4.93. The summed E-state index contributed by atoms with van der Waals surface area (Å²) < 4.78 is 1.79. The maximum Gasteiger partial charge on any atom is 0.0845 e. The Hall–Kier alpha value is -0.900. The first kappa shape index (κ1) is 11.6. The van der Waals surface area contributed by atoms with Crippen LogP contribution in [0.1, 0.15) is 44.7 Å². The molecule has 1 aliphatic heterocycles. The first-order valence-corrected chi connectivity index (χ1v) is 6.34.